The number of amides is 1. The number of nitrogens with one attached hydrogen (secondary N) is 1. The van der Waals surface area contributed by atoms with Gasteiger partial charge in [0.2, 0.25) is 0 Å². The van der Waals surface area contributed by atoms with Crippen molar-refractivity contribution in [2.75, 3.05) is 13.1 Å². The van der Waals surface area contributed by atoms with E-state index < -0.39 is 0 Å². The fourth-order valence-corrected chi connectivity index (χ4v) is 3.56. The Morgan fingerprint density at radius 2 is 2.19 bits per heavy atom. The van der Waals surface area contributed by atoms with Crippen LogP contribution in [0.3, 0.4) is 0 Å². The second kappa shape index (κ2) is 6.28. The van der Waals surface area contributed by atoms with Crippen molar-refractivity contribution in [1.29, 1.82) is 5.26 Å². The molecule has 0 aromatic heterocycles. The normalized spacial score (nSPS) is 25.6. The summed E-state index contributed by atoms with van der Waals surface area (Å²) in [6.45, 7) is 1.89. The van der Waals surface area contributed by atoms with Crippen LogP contribution < -0.4 is 5.32 Å². The van der Waals surface area contributed by atoms with Crippen molar-refractivity contribution in [1.82, 2.24) is 10.2 Å². The van der Waals surface area contributed by atoms with Gasteiger partial charge < -0.3 is 10.2 Å². The summed E-state index contributed by atoms with van der Waals surface area (Å²) in [5, 5.41) is 12.5. The molecule has 4 nitrogen and oxygen atoms in total. The van der Waals surface area contributed by atoms with E-state index >= 15 is 0 Å². The lowest BCUT2D eigenvalue weighted by molar-refractivity contribution is 0.0563. The SMILES string of the molecule is N#Cc1cccc(C(=O)N2CCCCC2C2CCCN2)c1. The third kappa shape index (κ3) is 2.93. The van der Waals surface area contributed by atoms with Crippen molar-refractivity contribution in [2.24, 2.45) is 0 Å². The maximum Gasteiger partial charge on any atom is 0.254 e. The summed E-state index contributed by atoms with van der Waals surface area (Å²) in [5.74, 6) is 0.0745. The topological polar surface area (TPSA) is 56.1 Å². The van der Waals surface area contributed by atoms with E-state index in [1.807, 2.05) is 11.0 Å². The monoisotopic (exact) mass is 283 g/mol. The molecule has 0 saturated carbocycles. The first kappa shape index (κ1) is 14.1. The molecule has 0 spiro atoms. The smallest absolute Gasteiger partial charge is 0.254 e. The van der Waals surface area contributed by atoms with Crippen LogP contribution in [0.2, 0.25) is 0 Å². The van der Waals surface area contributed by atoms with Gasteiger partial charge in [-0.3, -0.25) is 4.79 Å². The number of hydrogen-bond donors (Lipinski definition) is 1. The van der Waals surface area contributed by atoms with E-state index in [0.717, 1.165) is 32.4 Å². The first-order valence-corrected chi connectivity index (χ1v) is 7.84. The van der Waals surface area contributed by atoms with Crippen molar-refractivity contribution in [2.45, 2.75) is 44.2 Å². The first-order chi connectivity index (χ1) is 10.3. The predicted molar refractivity (Wildman–Crippen MR) is 80.9 cm³/mol. The highest BCUT2D eigenvalue weighted by Gasteiger charge is 2.34. The molecule has 21 heavy (non-hydrogen) atoms. The van der Waals surface area contributed by atoms with Gasteiger partial charge in [-0.25, -0.2) is 0 Å². The Morgan fingerprint density at radius 1 is 1.29 bits per heavy atom. The molecular weight excluding hydrogens is 262 g/mol. The van der Waals surface area contributed by atoms with Crippen LogP contribution in [-0.4, -0.2) is 36.0 Å². The molecular formula is C17H21N3O. The van der Waals surface area contributed by atoms with Gasteiger partial charge in [-0.2, -0.15) is 5.26 Å². The average Bonchev–Trinajstić information content (AvgIpc) is 3.08. The molecule has 2 saturated heterocycles. The van der Waals surface area contributed by atoms with Crippen molar-refractivity contribution in [3.05, 3.63) is 35.4 Å². The second-order valence-electron chi connectivity index (χ2n) is 5.96. The number of rotatable bonds is 2. The van der Waals surface area contributed by atoms with Gasteiger partial charge in [0.1, 0.15) is 0 Å². The summed E-state index contributed by atoms with van der Waals surface area (Å²) in [7, 11) is 0. The largest absolute Gasteiger partial charge is 0.334 e. The van der Waals surface area contributed by atoms with Crippen LogP contribution in [0.5, 0.6) is 0 Å². The Labute approximate surface area is 125 Å². The van der Waals surface area contributed by atoms with Crippen molar-refractivity contribution >= 4 is 5.91 Å². The van der Waals surface area contributed by atoms with E-state index in [0.29, 0.717) is 23.2 Å². The van der Waals surface area contributed by atoms with Crippen molar-refractivity contribution in [3.63, 3.8) is 0 Å². The highest BCUT2D eigenvalue weighted by molar-refractivity contribution is 5.94. The van der Waals surface area contributed by atoms with Crippen LogP contribution in [0.1, 0.15) is 48.0 Å². The van der Waals surface area contributed by atoms with Crippen LogP contribution in [0.15, 0.2) is 24.3 Å². The Kier molecular flexibility index (Phi) is 4.21. The maximum atomic E-state index is 12.8. The molecule has 2 unspecified atom stereocenters. The molecule has 2 aliphatic rings. The molecule has 1 aromatic carbocycles. The lowest BCUT2D eigenvalue weighted by Gasteiger charge is -2.39. The third-order valence-electron chi connectivity index (χ3n) is 4.61. The third-order valence-corrected chi connectivity index (χ3v) is 4.61. The minimum atomic E-state index is 0.0745. The Balaban J connectivity index is 1.81. The number of carbonyl (C=O) groups is 1. The van der Waals surface area contributed by atoms with Crippen molar-refractivity contribution < 1.29 is 4.79 Å². The van der Waals surface area contributed by atoms with Gasteiger partial charge in [0.05, 0.1) is 11.6 Å². The number of piperidine rings is 1. The fourth-order valence-electron chi connectivity index (χ4n) is 3.56. The summed E-state index contributed by atoms with van der Waals surface area (Å²) >= 11 is 0. The predicted octanol–water partition coefficient (Wildman–Crippen LogP) is 2.30. The standard InChI is InChI=1S/C17H21N3O/c18-12-13-5-3-6-14(11-13)17(21)20-10-2-1-8-16(20)15-7-4-9-19-15/h3,5-6,11,15-16,19H,1-2,4,7-10H2. The van der Waals surface area contributed by atoms with Gasteiger partial charge in [0.15, 0.2) is 0 Å². The van der Waals surface area contributed by atoms with Gasteiger partial charge in [-0.15, -0.1) is 0 Å². The molecule has 2 heterocycles. The molecule has 4 heteroatoms. The zero-order chi connectivity index (χ0) is 14.7. The van der Waals surface area contributed by atoms with Crippen LogP contribution in [0.4, 0.5) is 0 Å². The lowest BCUT2D eigenvalue weighted by Crippen LogP contribution is -2.52. The van der Waals surface area contributed by atoms with E-state index in [1.165, 1.54) is 12.8 Å². The van der Waals surface area contributed by atoms with Crippen molar-refractivity contribution in [3.8, 4) is 6.07 Å². The molecule has 0 aliphatic carbocycles. The quantitative estimate of drug-likeness (QED) is 0.906. The van der Waals surface area contributed by atoms with E-state index in [-0.39, 0.29) is 5.91 Å². The van der Waals surface area contributed by atoms with E-state index in [1.54, 1.807) is 18.2 Å². The second-order valence-corrected chi connectivity index (χ2v) is 5.96. The first-order valence-electron chi connectivity index (χ1n) is 7.84. The summed E-state index contributed by atoms with van der Waals surface area (Å²) in [6.07, 6.45) is 5.72. The van der Waals surface area contributed by atoms with Crippen LogP contribution in [0.25, 0.3) is 0 Å². The number of nitrogens with zero attached hydrogens (tertiary/aromatic N) is 2. The molecule has 1 N–H and O–H groups in total. The molecule has 0 radical (unpaired) electrons. The molecule has 110 valence electrons. The highest BCUT2D eigenvalue weighted by atomic mass is 16.2. The number of likely N-dealkylation sites (tertiary alicyclic amines) is 1. The van der Waals surface area contributed by atoms with Gasteiger partial charge in [0.25, 0.3) is 5.91 Å². The fraction of sp³-hybridized carbons (Fsp3) is 0.529. The van der Waals surface area contributed by atoms with E-state index in [2.05, 4.69) is 11.4 Å². The number of nitriles is 1. The molecule has 2 fully saturated rings. The summed E-state index contributed by atoms with van der Waals surface area (Å²) in [4.78, 5) is 14.9. The molecule has 3 rings (SSSR count). The highest BCUT2D eigenvalue weighted by Crippen LogP contribution is 2.26. The van der Waals surface area contributed by atoms with Crippen LogP contribution >= 0.6 is 0 Å². The molecule has 2 atom stereocenters. The Bertz CT molecular complexity index is 557. The van der Waals surface area contributed by atoms with E-state index in [4.69, 9.17) is 5.26 Å². The minimum absolute atomic E-state index is 0.0745. The zero-order valence-electron chi connectivity index (χ0n) is 12.2. The van der Waals surface area contributed by atoms with Gasteiger partial charge in [-0.1, -0.05) is 6.07 Å². The summed E-state index contributed by atoms with van der Waals surface area (Å²) in [5.41, 5.74) is 1.19. The zero-order valence-corrected chi connectivity index (χ0v) is 12.2. The Morgan fingerprint density at radius 3 is 2.95 bits per heavy atom. The van der Waals surface area contributed by atoms with Crippen LogP contribution in [-0.2, 0) is 0 Å². The summed E-state index contributed by atoms with van der Waals surface area (Å²) in [6, 6.07) is 9.90. The number of hydrogen-bond acceptors (Lipinski definition) is 3. The van der Waals surface area contributed by atoms with E-state index in [9.17, 15) is 4.79 Å². The molecule has 2 aliphatic heterocycles. The lowest BCUT2D eigenvalue weighted by atomic mass is 9.93. The maximum absolute atomic E-state index is 12.8. The minimum Gasteiger partial charge on any atom is -0.334 e. The molecule has 1 aromatic rings. The average molecular weight is 283 g/mol. The number of carbonyl (C=O) groups excluding carboxylic acids is 1. The number of benzene rings is 1. The molecule has 0 bridgehead atoms. The van der Waals surface area contributed by atoms with Crippen LogP contribution in [0, 0.1) is 11.3 Å². The molecule has 1 amide bonds. The van der Waals surface area contributed by atoms with Gasteiger partial charge in [0, 0.05) is 24.2 Å². The van der Waals surface area contributed by atoms with Gasteiger partial charge >= 0.3 is 0 Å². The summed E-state index contributed by atoms with van der Waals surface area (Å²) < 4.78 is 0. The Hall–Kier alpha value is -1.86. The van der Waals surface area contributed by atoms with Gasteiger partial charge in [-0.05, 0) is 56.8 Å².